The smallest absolute Gasteiger partial charge is 0.132 e. The molecule has 0 atom stereocenters. The maximum Gasteiger partial charge on any atom is 0.132 e. The molecule has 0 radical (unpaired) electrons. The molecule has 0 amide bonds. The van der Waals surface area contributed by atoms with Gasteiger partial charge in [0.25, 0.3) is 0 Å². The molecule has 0 saturated carbocycles. The van der Waals surface area contributed by atoms with Gasteiger partial charge in [0.1, 0.15) is 11.5 Å². The van der Waals surface area contributed by atoms with Crippen LogP contribution < -0.4 is 4.74 Å². The SMILES string of the molecule is c1ccc2c3c(ccc2c1)Oc1ccc2ccccc2c1C3c1ccc(-c2c3ccccc3cc3ccccc23)cc1. The van der Waals surface area contributed by atoms with Gasteiger partial charge in [0.05, 0.1) is 0 Å². The van der Waals surface area contributed by atoms with Gasteiger partial charge in [0, 0.05) is 17.0 Å². The van der Waals surface area contributed by atoms with Gasteiger partial charge in [-0.05, 0) is 78.0 Å². The largest absolute Gasteiger partial charge is 0.457 e. The number of fused-ring (bicyclic) bond motifs is 8. The van der Waals surface area contributed by atoms with Crippen LogP contribution in [0.5, 0.6) is 11.5 Å². The maximum absolute atomic E-state index is 6.63. The van der Waals surface area contributed by atoms with Gasteiger partial charge in [-0.1, -0.05) is 133 Å². The second kappa shape index (κ2) is 9.06. The molecule has 0 spiro atoms. The van der Waals surface area contributed by atoms with Gasteiger partial charge in [0.2, 0.25) is 0 Å². The molecular weight excluding hydrogens is 508 g/mol. The molecule has 1 aliphatic rings. The summed E-state index contributed by atoms with van der Waals surface area (Å²) in [5, 5.41) is 10.0. The predicted molar refractivity (Wildman–Crippen MR) is 176 cm³/mol. The normalized spacial score (nSPS) is 12.9. The van der Waals surface area contributed by atoms with Gasteiger partial charge in [0.15, 0.2) is 0 Å². The summed E-state index contributed by atoms with van der Waals surface area (Å²) in [6.07, 6.45) is 0. The van der Waals surface area contributed by atoms with Crippen LogP contribution >= 0.6 is 0 Å². The first-order chi connectivity index (χ1) is 20.8. The van der Waals surface area contributed by atoms with E-state index in [-0.39, 0.29) is 5.92 Å². The highest BCUT2D eigenvalue weighted by molar-refractivity contribution is 6.12. The van der Waals surface area contributed by atoms with Crippen molar-refractivity contribution in [1.82, 2.24) is 0 Å². The molecule has 8 aromatic carbocycles. The van der Waals surface area contributed by atoms with Crippen molar-refractivity contribution in [2.24, 2.45) is 0 Å². The maximum atomic E-state index is 6.63. The third kappa shape index (κ3) is 3.44. The lowest BCUT2D eigenvalue weighted by molar-refractivity contribution is 0.456. The van der Waals surface area contributed by atoms with Crippen LogP contribution in [0.3, 0.4) is 0 Å². The Kier molecular flexibility index (Phi) is 5.03. The molecule has 8 aromatic rings. The van der Waals surface area contributed by atoms with E-state index in [2.05, 4.69) is 152 Å². The van der Waals surface area contributed by atoms with Crippen LogP contribution in [0.25, 0.3) is 54.2 Å². The Morgan fingerprint density at radius 3 is 1.36 bits per heavy atom. The van der Waals surface area contributed by atoms with Gasteiger partial charge < -0.3 is 4.74 Å². The van der Waals surface area contributed by atoms with Crippen LogP contribution in [0.15, 0.2) is 152 Å². The fraction of sp³-hybridized carbons (Fsp3) is 0.0244. The average molecular weight is 535 g/mol. The summed E-state index contributed by atoms with van der Waals surface area (Å²) >= 11 is 0. The molecule has 196 valence electrons. The van der Waals surface area contributed by atoms with E-state index in [0.717, 1.165) is 11.5 Å². The molecule has 0 N–H and O–H groups in total. The van der Waals surface area contributed by atoms with Crippen molar-refractivity contribution < 1.29 is 4.74 Å². The van der Waals surface area contributed by atoms with Crippen molar-refractivity contribution in [3.05, 3.63) is 168 Å². The van der Waals surface area contributed by atoms with E-state index in [4.69, 9.17) is 4.74 Å². The average Bonchev–Trinajstić information content (AvgIpc) is 3.06. The van der Waals surface area contributed by atoms with Crippen LogP contribution in [0.1, 0.15) is 22.6 Å². The van der Waals surface area contributed by atoms with E-state index >= 15 is 0 Å². The number of rotatable bonds is 2. The lowest BCUT2D eigenvalue weighted by atomic mass is 9.78. The van der Waals surface area contributed by atoms with Gasteiger partial charge in [-0.15, -0.1) is 0 Å². The quantitative estimate of drug-likeness (QED) is 0.200. The van der Waals surface area contributed by atoms with E-state index in [1.807, 2.05) is 0 Å². The molecule has 9 rings (SSSR count). The van der Waals surface area contributed by atoms with Gasteiger partial charge in [-0.25, -0.2) is 0 Å². The Bertz CT molecular complexity index is 2190. The molecule has 0 fully saturated rings. The second-order valence-electron chi connectivity index (χ2n) is 11.2. The van der Waals surface area contributed by atoms with Crippen LogP contribution in [-0.2, 0) is 0 Å². The minimum absolute atomic E-state index is 0.0410. The minimum atomic E-state index is 0.0410. The number of benzene rings is 8. The molecule has 0 saturated heterocycles. The molecule has 0 aliphatic carbocycles. The van der Waals surface area contributed by atoms with Gasteiger partial charge in [-0.3, -0.25) is 0 Å². The molecule has 1 heteroatoms. The topological polar surface area (TPSA) is 9.23 Å². The van der Waals surface area contributed by atoms with Crippen molar-refractivity contribution in [3.63, 3.8) is 0 Å². The minimum Gasteiger partial charge on any atom is -0.457 e. The van der Waals surface area contributed by atoms with Crippen molar-refractivity contribution in [2.75, 3.05) is 0 Å². The van der Waals surface area contributed by atoms with Crippen LogP contribution in [0.2, 0.25) is 0 Å². The first-order valence-electron chi connectivity index (χ1n) is 14.6. The fourth-order valence-electron chi connectivity index (χ4n) is 7.09. The summed E-state index contributed by atoms with van der Waals surface area (Å²) in [5.74, 6) is 1.91. The molecule has 42 heavy (non-hydrogen) atoms. The zero-order chi connectivity index (χ0) is 27.6. The van der Waals surface area contributed by atoms with E-state index in [9.17, 15) is 0 Å². The van der Waals surface area contributed by atoms with Crippen LogP contribution in [-0.4, -0.2) is 0 Å². The highest BCUT2D eigenvalue weighted by Gasteiger charge is 2.32. The van der Waals surface area contributed by atoms with E-state index in [1.54, 1.807) is 0 Å². The zero-order valence-corrected chi connectivity index (χ0v) is 22.9. The molecule has 0 unspecified atom stereocenters. The first kappa shape index (κ1) is 23.3. The first-order valence-corrected chi connectivity index (χ1v) is 14.6. The predicted octanol–water partition coefficient (Wildman–Crippen LogP) is 11.3. The molecule has 0 aromatic heterocycles. The summed E-state index contributed by atoms with van der Waals surface area (Å²) in [5.41, 5.74) is 6.26. The van der Waals surface area contributed by atoms with Crippen molar-refractivity contribution >= 4 is 43.1 Å². The Hall–Kier alpha value is -5.40. The lowest BCUT2D eigenvalue weighted by Gasteiger charge is -2.31. The fourth-order valence-corrected chi connectivity index (χ4v) is 7.09. The van der Waals surface area contributed by atoms with E-state index in [0.29, 0.717) is 0 Å². The van der Waals surface area contributed by atoms with Crippen molar-refractivity contribution in [1.29, 1.82) is 0 Å². The van der Waals surface area contributed by atoms with Gasteiger partial charge >= 0.3 is 0 Å². The number of hydrogen-bond acceptors (Lipinski definition) is 1. The monoisotopic (exact) mass is 534 g/mol. The summed E-state index contributed by atoms with van der Waals surface area (Å²) in [4.78, 5) is 0. The van der Waals surface area contributed by atoms with Crippen molar-refractivity contribution in [2.45, 2.75) is 5.92 Å². The molecule has 1 heterocycles. The van der Waals surface area contributed by atoms with Crippen molar-refractivity contribution in [3.8, 4) is 22.6 Å². The molecule has 1 aliphatic heterocycles. The number of hydrogen-bond donors (Lipinski definition) is 0. The Morgan fingerprint density at radius 2 is 0.833 bits per heavy atom. The Labute approximate surface area is 244 Å². The third-order valence-electron chi connectivity index (χ3n) is 8.96. The summed E-state index contributed by atoms with van der Waals surface area (Å²) < 4.78 is 6.63. The van der Waals surface area contributed by atoms with Crippen LogP contribution in [0.4, 0.5) is 0 Å². The highest BCUT2D eigenvalue weighted by atomic mass is 16.5. The number of ether oxygens (including phenoxy) is 1. The summed E-state index contributed by atoms with van der Waals surface area (Å²) in [7, 11) is 0. The molecule has 1 nitrogen and oxygen atoms in total. The third-order valence-corrected chi connectivity index (χ3v) is 8.96. The molecular formula is C41H26O. The van der Waals surface area contributed by atoms with Crippen LogP contribution in [0, 0.1) is 0 Å². The van der Waals surface area contributed by atoms with E-state index in [1.165, 1.54) is 70.9 Å². The second-order valence-corrected chi connectivity index (χ2v) is 11.2. The van der Waals surface area contributed by atoms with Gasteiger partial charge in [-0.2, -0.15) is 0 Å². The Balaban J connectivity index is 1.30. The zero-order valence-electron chi connectivity index (χ0n) is 22.9. The summed E-state index contributed by atoms with van der Waals surface area (Å²) in [6.45, 7) is 0. The van der Waals surface area contributed by atoms with E-state index < -0.39 is 0 Å². The summed E-state index contributed by atoms with van der Waals surface area (Å²) in [6, 6.07) is 55.0. The standard InChI is InChI=1S/C41H26O/c1-5-13-32-26(9-1)21-23-36-40(32)39(41-33-14-6-2-10-27(33)22-24-37(41)42-36)29-19-17-28(18-20-29)38-34-15-7-3-11-30(34)25-31-12-4-8-16-35(31)38/h1-25,39H. The lowest BCUT2D eigenvalue weighted by Crippen LogP contribution is -2.13. The highest BCUT2D eigenvalue weighted by Crippen LogP contribution is 2.52. The Morgan fingerprint density at radius 1 is 0.381 bits per heavy atom. The molecule has 0 bridgehead atoms.